The largest absolute Gasteiger partial charge is 0.350 e. The molecule has 0 radical (unpaired) electrons. The monoisotopic (exact) mass is 391 g/mol. The van der Waals surface area contributed by atoms with E-state index in [2.05, 4.69) is 10.6 Å². The molecule has 0 bridgehead atoms. The second-order valence-electron chi connectivity index (χ2n) is 6.91. The lowest BCUT2D eigenvalue weighted by Crippen LogP contribution is -2.49. The van der Waals surface area contributed by atoms with E-state index in [1.807, 2.05) is 20.8 Å². The minimum atomic E-state index is -0.476. The fourth-order valence-corrected chi connectivity index (χ4v) is 2.93. The smallest absolute Gasteiger partial charge is 0.261 e. The van der Waals surface area contributed by atoms with Crippen LogP contribution in [0.15, 0.2) is 41.8 Å². The summed E-state index contributed by atoms with van der Waals surface area (Å²) >= 11 is 1.26. The van der Waals surface area contributed by atoms with Crippen molar-refractivity contribution in [3.63, 3.8) is 0 Å². The molecule has 0 saturated heterocycles. The summed E-state index contributed by atoms with van der Waals surface area (Å²) < 4.78 is 13.2. The minimum Gasteiger partial charge on any atom is -0.350 e. The molecule has 2 rings (SSSR count). The third-order valence-corrected chi connectivity index (χ3v) is 4.27. The summed E-state index contributed by atoms with van der Waals surface area (Å²) in [4.78, 5) is 38.6. The average molecular weight is 391 g/mol. The maximum Gasteiger partial charge on any atom is 0.261 e. The van der Waals surface area contributed by atoms with Gasteiger partial charge in [-0.1, -0.05) is 6.07 Å². The topological polar surface area (TPSA) is 78.5 Å². The van der Waals surface area contributed by atoms with Crippen molar-refractivity contribution in [1.29, 1.82) is 0 Å². The Labute approximate surface area is 161 Å². The van der Waals surface area contributed by atoms with Gasteiger partial charge in [-0.15, -0.1) is 11.3 Å². The molecule has 0 aliphatic carbocycles. The van der Waals surface area contributed by atoms with Crippen molar-refractivity contribution < 1.29 is 18.8 Å². The van der Waals surface area contributed by atoms with Crippen molar-refractivity contribution in [3.8, 4) is 0 Å². The quantitative estimate of drug-likeness (QED) is 0.794. The van der Waals surface area contributed by atoms with E-state index in [-0.39, 0.29) is 24.9 Å². The third kappa shape index (κ3) is 6.49. The first kappa shape index (κ1) is 20.6. The number of nitrogens with one attached hydrogen (secondary N) is 2. The second kappa shape index (κ2) is 8.77. The first-order chi connectivity index (χ1) is 12.7. The molecule has 8 heteroatoms. The summed E-state index contributed by atoms with van der Waals surface area (Å²) in [6.07, 6.45) is 0. The van der Waals surface area contributed by atoms with E-state index in [9.17, 15) is 18.8 Å². The number of halogens is 1. The number of thiophene rings is 1. The molecule has 0 atom stereocenters. The van der Waals surface area contributed by atoms with Gasteiger partial charge in [0.15, 0.2) is 0 Å². The van der Waals surface area contributed by atoms with Gasteiger partial charge in [0.2, 0.25) is 11.8 Å². The van der Waals surface area contributed by atoms with Crippen LogP contribution in [0.3, 0.4) is 0 Å². The Kier molecular flexibility index (Phi) is 6.68. The molecule has 6 nitrogen and oxygen atoms in total. The van der Waals surface area contributed by atoms with Crippen molar-refractivity contribution in [1.82, 2.24) is 10.6 Å². The Morgan fingerprint density at radius 1 is 1.11 bits per heavy atom. The summed E-state index contributed by atoms with van der Waals surface area (Å²) in [7, 11) is 0. The maximum atomic E-state index is 13.2. The highest BCUT2D eigenvalue weighted by Crippen LogP contribution is 2.15. The van der Waals surface area contributed by atoms with Crippen LogP contribution in [0.2, 0.25) is 0 Å². The van der Waals surface area contributed by atoms with E-state index in [0.29, 0.717) is 10.6 Å². The lowest BCUT2D eigenvalue weighted by Gasteiger charge is -2.26. The van der Waals surface area contributed by atoms with Crippen molar-refractivity contribution in [2.24, 2.45) is 0 Å². The number of anilines is 1. The van der Waals surface area contributed by atoms with E-state index >= 15 is 0 Å². The van der Waals surface area contributed by atoms with Gasteiger partial charge in [-0.3, -0.25) is 14.4 Å². The highest BCUT2D eigenvalue weighted by atomic mass is 32.1. The zero-order chi connectivity index (χ0) is 20.0. The normalized spacial score (nSPS) is 11.0. The molecule has 0 fully saturated rings. The maximum absolute atomic E-state index is 13.2. The molecule has 0 aliphatic rings. The van der Waals surface area contributed by atoms with Crippen LogP contribution in [0.25, 0.3) is 0 Å². The Morgan fingerprint density at radius 3 is 2.33 bits per heavy atom. The van der Waals surface area contributed by atoms with Gasteiger partial charge in [0, 0.05) is 11.2 Å². The van der Waals surface area contributed by atoms with Crippen molar-refractivity contribution in [3.05, 3.63) is 52.5 Å². The van der Waals surface area contributed by atoms with Crippen LogP contribution in [-0.2, 0) is 9.59 Å². The zero-order valence-electron chi connectivity index (χ0n) is 15.4. The Balaban J connectivity index is 2.10. The minimum absolute atomic E-state index is 0.239. The van der Waals surface area contributed by atoms with Gasteiger partial charge in [0.05, 0.1) is 11.4 Å². The molecule has 3 amide bonds. The summed E-state index contributed by atoms with van der Waals surface area (Å²) in [6, 6.07) is 8.64. The molecule has 2 aromatic rings. The molecule has 2 N–H and O–H groups in total. The molecule has 0 saturated carbocycles. The van der Waals surface area contributed by atoms with Gasteiger partial charge in [-0.25, -0.2) is 4.39 Å². The van der Waals surface area contributed by atoms with Crippen LogP contribution in [0, 0.1) is 5.82 Å². The third-order valence-electron chi connectivity index (χ3n) is 3.40. The fraction of sp³-hybridized carbons (Fsp3) is 0.316. The number of hydrogen-bond acceptors (Lipinski definition) is 4. The van der Waals surface area contributed by atoms with Gasteiger partial charge in [0.25, 0.3) is 5.91 Å². The zero-order valence-corrected chi connectivity index (χ0v) is 16.2. The lowest BCUT2D eigenvalue weighted by molar-refractivity contribution is -0.124. The summed E-state index contributed by atoms with van der Waals surface area (Å²) in [5.41, 5.74) is -0.0852. The molecular formula is C19H22FN3O3S. The average Bonchev–Trinajstić information content (AvgIpc) is 3.11. The first-order valence-corrected chi connectivity index (χ1v) is 9.22. The molecule has 27 heavy (non-hydrogen) atoms. The molecule has 0 unspecified atom stereocenters. The Bertz CT molecular complexity index is 799. The number of nitrogens with zero attached hydrogens (tertiary/aromatic N) is 1. The first-order valence-electron chi connectivity index (χ1n) is 8.34. The highest BCUT2D eigenvalue weighted by molar-refractivity contribution is 7.12. The number of benzene rings is 1. The number of carbonyl (C=O) groups excluding carboxylic acids is 3. The second-order valence-corrected chi connectivity index (χ2v) is 7.86. The molecule has 144 valence electrons. The van der Waals surface area contributed by atoms with Crippen LogP contribution in [0.5, 0.6) is 0 Å². The summed E-state index contributed by atoms with van der Waals surface area (Å²) in [5.74, 6) is -1.65. The number of rotatable bonds is 6. The molecule has 1 heterocycles. The van der Waals surface area contributed by atoms with Gasteiger partial charge in [-0.05, 0) is 56.5 Å². The van der Waals surface area contributed by atoms with Crippen LogP contribution in [0.4, 0.5) is 10.1 Å². The van der Waals surface area contributed by atoms with E-state index in [4.69, 9.17) is 0 Å². The van der Waals surface area contributed by atoms with Crippen molar-refractivity contribution in [2.45, 2.75) is 26.3 Å². The number of hydrogen-bond donors (Lipinski definition) is 2. The van der Waals surface area contributed by atoms with E-state index in [1.54, 1.807) is 17.5 Å². The highest BCUT2D eigenvalue weighted by Gasteiger charge is 2.22. The predicted molar refractivity (Wildman–Crippen MR) is 103 cm³/mol. The van der Waals surface area contributed by atoms with Crippen LogP contribution >= 0.6 is 11.3 Å². The summed E-state index contributed by atoms with van der Waals surface area (Å²) in [5, 5.41) is 7.09. The standard InChI is InChI=1S/C19H22FN3O3S/c1-19(2,3)22-16(24)12-23(14-8-6-13(20)7-9-14)17(25)11-21-18(26)15-5-4-10-27-15/h4-10H,11-12H2,1-3H3,(H,21,26)(H,22,24). The van der Waals surface area contributed by atoms with E-state index in [1.165, 1.54) is 40.5 Å². The molecule has 1 aromatic carbocycles. The van der Waals surface area contributed by atoms with Gasteiger partial charge in [-0.2, -0.15) is 0 Å². The number of carbonyl (C=O) groups is 3. The van der Waals surface area contributed by atoms with Crippen molar-refractivity contribution in [2.75, 3.05) is 18.0 Å². The van der Waals surface area contributed by atoms with Gasteiger partial charge >= 0.3 is 0 Å². The van der Waals surface area contributed by atoms with E-state index < -0.39 is 17.3 Å². The lowest BCUT2D eigenvalue weighted by atomic mass is 10.1. The van der Waals surface area contributed by atoms with Crippen LogP contribution < -0.4 is 15.5 Å². The van der Waals surface area contributed by atoms with Gasteiger partial charge < -0.3 is 15.5 Å². The number of amides is 3. The van der Waals surface area contributed by atoms with Gasteiger partial charge in [0.1, 0.15) is 12.4 Å². The predicted octanol–water partition coefficient (Wildman–Crippen LogP) is 2.56. The van der Waals surface area contributed by atoms with Crippen LogP contribution in [-0.4, -0.2) is 36.3 Å². The summed E-state index contributed by atoms with van der Waals surface area (Å²) in [6.45, 7) is 4.97. The van der Waals surface area contributed by atoms with Crippen molar-refractivity contribution >= 4 is 34.7 Å². The van der Waals surface area contributed by atoms with Crippen LogP contribution in [0.1, 0.15) is 30.4 Å². The van der Waals surface area contributed by atoms with E-state index in [0.717, 1.165) is 0 Å². The molecule has 0 spiro atoms. The Hall–Kier alpha value is -2.74. The molecule has 1 aromatic heterocycles. The SMILES string of the molecule is CC(C)(C)NC(=O)CN(C(=O)CNC(=O)c1cccs1)c1ccc(F)cc1. The molecule has 0 aliphatic heterocycles. The molecular weight excluding hydrogens is 369 g/mol. The Morgan fingerprint density at radius 2 is 1.78 bits per heavy atom. The fourth-order valence-electron chi connectivity index (χ4n) is 2.29.